The molecule has 22 heavy (non-hydrogen) atoms. The van der Waals surface area contributed by atoms with E-state index < -0.39 is 11.7 Å². The zero-order chi connectivity index (χ0) is 15.3. The molecule has 0 radical (unpaired) electrons. The monoisotopic (exact) mass is 329 g/mol. The van der Waals surface area contributed by atoms with E-state index in [0.29, 0.717) is 0 Å². The minimum atomic E-state index is -4.29. The molecule has 0 bridgehead atoms. The lowest BCUT2D eigenvalue weighted by atomic mass is 9.88. The van der Waals surface area contributed by atoms with Gasteiger partial charge in [0.15, 0.2) is 0 Å². The normalized spacial score (nSPS) is 12.5. The fourth-order valence-electron chi connectivity index (χ4n) is 2.40. The molecule has 2 rings (SSSR count). The highest BCUT2D eigenvalue weighted by Crippen LogP contribution is 2.32. The molecule has 1 nitrogen and oxygen atoms in total. The van der Waals surface area contributed by atoms with Crippen molar-refractivity contribution in [3.63, 3.8) is 0 Å². The van der Waals surface area contributed by atoms with Gasteiger partial charge in [0.25, 0.3) is 0 Å². The zero-order valence-electron chi connectivity index (χ0n) is 12.2. The Labute approximate surface area is 135 Å². The Morgan fingerprint density at radius 3 is 1.95 bits per heavy atom. The molecule has 0 saturated heterocycles. The minimum Gasteiger partial charge on any atom is -0.320 e. The highest BCUT2D eigenvalue weighted by Gasteiger charge is 2.30. The van der Waals surface area contributed by atoms with Gasteiger partial charge in [0.05, 0.1) is 5.56 Å². The Hall–Kier alpha value is -1.52. The smallest absolute Gasteiger partial charge is 0.320 e. The minimum absolute atomic E-state index is 0. The Morgan fingerprint density at radius 1 is 0.909 bits per heavy atom. The van der Waals surface area contributed by atoms with Gasteiger partial charge in [-0.25, -0.2) is 0 Å². The summed E-state index contributed by atoms with van der Waals surface area (Å²) in [6.45, 7) is 0.806. The molecule has 2 aromatic rings. The molecule has 1 unspecified atom stereocenters. The van der Waals surface area contributed by atoms with Gasteiger partial charge in [-0.3, -0.25) is 0 Å². The molecule has 0 aliphatic carbocycles. The number of nitrogens with one attached hydrogen (secondary N) is 1. The van der Waals surface area contributed by atoms with Gasteiger partial charge in [0, 0.05) is 5.92 Å². The fraction of sp³-hybridized carbons (Fsp3) is 0.294. The lowest BCUT2D eigenvalue weighted by molar-refractivity contribution is -0.137. The van der Waals surface area contributed by atoms with Gasteiger partial charge < -0.3 is 5.32 Å². The molecule has 5 heteroatoms. The molecule has 1 N–H and O–H groups in total. The summed E-state index contributed by atoms with van der Waals surface area (Å²) in [4.78, 5) is 0. The third-order valence-corrected chi connectivity index (χ3v) is 3.53. The van der Waals surface area contributed by atoms with Crippen molar-refractivity contribution in [3.05, 3.63) is 71.3 Å². The van der Waals surface area contributed by atoms with Crippen molar-refractivity contribution >= 4 is 12.4 Å². The molecule has 0 amide bonds. The van der Waals surface area contributed by atoms with Gasteiger partial charge in [0.2, 0.25) is 0 Å². The Bertz CT molecular complexity index is 552. The maximum atomic E-state index is 12.6. The van der Waals surface area contributed by atoms with E-state index in [-0.39, 0.29) is 18.3 Å². The van der Waals surface area contributed by atoms with Crippen LogP contribution in [0.25, 0.3) is 0 Å². The number of benzene rings is 2. The number of halogens is 4. The molecular formula is C17H19ClF3N. The number of hydrogen-bond acceptors (Lipinski definition) is 1. The summed E-state index contributed by atoms with van der Waals surface area (Å²) in [5.74, 6) is 0.0981. The summed E-state index contributed by atoms with van der Waals surface area (Å²) < 4.78 is 37.9. The van der Waals surface area contributed by atoms with E-state index >= 15 is 0 Å². The molecule has 2 aromatic carbocycles. The second-order valence-electron chi connectivity index (χ2n) is 4.98. The van der Waals surface area contributed by atoms with Gasteiger partial charge >= 0.3 is 6.18 Å². The molecule has 0 heterocycles. The van der Waals surface area contributed by atoms with E-state index in [1.165, 1.54) is 0 Å². The van der Waals surface area contributed by atoms with Gasteiger partial charge in [-0.1, -0.05) is 42.5 Å². The van der Waals surface area contributed by atoms with Crippen LogP contribution in [0.2, 0.25) is 0 Å². The SMILES string of the molecule is CNCCC(c1ccccc1)c1ccc(C(F)(F)F)cc1.Cl. The standard InChI is InChI=1S/C17H18F3N.ClH/c1-21-12-11-16(13-5-3-2-4-6-13)14-7-9-15(10-8-14)17(18,19)20;/h2-10,16,21H,11-12H2,1H3;1H. The second kappa shape index (κ2) is 8.20. The molecule has 0 aliphatic rings. The average Bonchev–Trinajstić information content (AvgIpc) is 2.48. The molecular weight excluding hydrogens is 311 g/mol. The summed E-state index contributed by atoms with van der Waals surface area (Å²) >= 11 is 0. The lowest BCUT2D eigenvalue weighted by Crippen LogP contribution is -2.13. The van der Waals surface area contributed by atoms with Crippen LogP contribution < -0.4 is 5.32 Å². The third kappa shape index (κ3) is 4.75. The van der Waals surface area contributed by atoms with E-state index in [4.69, 9.17) is 0 Å². The lowest BCUT2D eigenvalue weighted by Gasteiger charge is -2.18. The second-order valence-corrected chi connectivity index (χ2v) is 4.98. The fourth-order valence-corrected chi connectivity index (χ4v) is 2.40. The van der Waals surface area contributed by atoms with Crippen molar-refractivity contribution in [1.82, 2.24) is 5.32 Å². The molecule has 1 atom stereocenters. The first-order chi connectivity index (χ1) is 10.0. The first-order valence-electron chi connectivity index (χ1n) is 6.89. The summed E-state index contributed by atoms with van der Waals surface area (Å²) in [5.41, 5.74) is 1.42. The van der Waals surface area contributed by atoms with Crippen molar-refractivity contribution in [2.75, 3.05) is 13.6 Å². The first-order valence-corrected chi connectivity index (χ1v) is 6.89. The maximum Gasteiger partial charge on any atom is 0.416 e. The first kappa shape index (κ1) is 18.5. The summed E-state index contributed by atoms with van der Waals surface area (Å²) in [7, 11) is 1.87. The van der Waals surface area contributed by atoms with Crippen LogP contribution in [0.1, 0.15) is 29.0 Å². The van der Waals surface area contributed by atoms with E-state index in [1.54, 1.807) is 12.1 Å². The van der Waals surface area contributed by atoms with E-state index in [0.717, 1.165) is 36.2 Å². The number of alkyl halides is 3. The van der Waals surface area contributed by atoms with E-state index in [2.05, 4.69) is 5.32 Å². The van der Waals surface area contributed by atoms with Crippen LogP contribution in [0.5, 0.6) is 0 Å². The van der Waals surface area contributed by atoms with Crippen LogP contribution in [0.4, 0.5) is 13.2 Å². The molecule has 0 saturated carbocycles. The van der Waals surface area contributed by atoms with Crippen LogP contribution in [0.3, 0.4) is 0 Å². The van der Waals surface area contributed by atoms with E-state index in [9.17, 15) is 13.2 Å². The maximum absolute atomic E-state index is 12.6. The predicted octanol–water partition coefficient (Wildman–Crippen LogP) is 4.87. The molecule has 120 valence electrons. The van der Waals surface area contributed by atoms with Crippen LogP contribution in [0, 0.1) is 0 Å². The highest BCUT2D eigenvalue weighted by molar-refractivity contribution is 5.85. The van der Waals surface area contributed by atoms with Gasteiger partial charge in [0.1, 0.15) is 0 Å². The van der Waals surface area contributed by atoms with Crippen molar-refractivity contribution < 1.29 is 13.2 Å². The predicted molar refractivity (Wildman–Crippen MR) is 85.5 cm³/mol. The quantitative estimate of drug-likeness (QED) is 0.825. The van der Waals surface area contributed by atoms with Crippen molar-refractivity contribution in [2.45, 2.75) is 18.5 Å². The Kier molecular flexibility index (Phi) is 6.91. The summed E-state index contributed by atoms with van der Waals surface area (Å²) in [6.07, 6.45) is -3.45. The van der Waals surface area contributed by atoms with Crippen LogP contribution in [-0.4, -0.2) is 13.6 Å². The van der Waals surface area contributed by atoms with Crippen molar-refractivity contribution in [3.8, 4) is 0 Å². The zero-order valence-corrected chi connectivity index (χ0v) is 13.0. The van der Waals surface area contributed by atoms with Gasteiger partial charge in [-0.2, -0.15) is 13.2 Å². The largest absolute Gasteiger partial charge is 0.416 e. The third-order valence-electron chi connectivity index (χ3n) is 3.53. The van der Waals surface area contributed by atoms with E-state index in [1.807, 2.05) is 37.4 Å². The average molecular weight is 330 g/mol. The number of rotatable bonds is 5. The molecule has 0 spiro atoms. The molecule has 0 aliphatic heterocycles. The van der Waals surface area contributed by atoms with Crippen LogP contribution in [0.15, 0.2) is 54.6 Å². The van der Waals surface area contributed by atoms with Gasteiger partial charge in [-0.05, 0) is 43.3 Å². The Morgan fingerprint density at radius 2 is 1.45 bits per heavy atom. The topological polar surface area (TPSA) is 12.0 Å². The number of hydrogen-bond donors (Lipinski definition) is 1. The molecule has 0 aromatic heterocycles. The highest BCUT2D eigenvalue weighted by atomic mass is 35.5. The van der Waals surface area contributed by atoms with Crippen molar-refractivity contribution in [2.24, 2.45) is 0 Å². The van der Waals surface area contributed by atoms with Crippen LogP contribution >= 0.6 is 12.4 Å². The summed E-state index contributed by atoms with van der Waals surface area (Å²) in [6, 6.07) is 15.3. The molecule has 0 fully saturated rings. The van der Waals surface area contributed by atoms with Crippen molar-refractivity contribution in [1.29, 1.82) is 0 Å². The summed E-state index contributed by atoms with van der Waals surface area (Å²) in [5, 5.41) is 3.09. The van der Waals surface area contributed by atoms with Gasteiger partial charge in [-0.15, -0.1) is 12.4 Å². The van der Waals surface area contributed by atoms with Crippen LogP contribution in [-0.2, 0) is 6.18 Å². The Balaban J connectivity index is 0.00000242.